The monoisotopic (exact) mass is 260 g/mol. The molecule has 1 aromatic rings. The van der Waals surface area contributed by atoms with Gasteiger partial charge in [-0.25, -0.2) is 0 Å². The Bertz CT molecular complexity index is 556. The van der Waals surface area contributed by atoms with Gasteiger partial charge in [0.15, 0.2) is 0 Å². The van der Waals surface area contributed by atoms with Gasteiger partial charge in [-0.1, -0.05) is 6.07 Å². The Labute approximate surface area is 111 Å². The first-order valence-electron chi connectivity index (χ1n) is 6.37. The predicted octanol–water partition coefficient (Wildman–Crippen LogP) is 1.68. The van der Waals surface area contributed by atoms with Crippen molar-refractivity contribution < 1.29 is 14.3 Å². The number of benzene rings is 1. The van der Waals surface area contributed by atoms with Crippen molar-refractivity contribution in [1.82, 2.24) is 4.90 Å². The molecule has 5 heteroatoms. The summed E-state index contributed by atoms with van der Waals surface area (Å²) in [5.41, 5.74) is 1.90. The van der Waals surface area contributed by atoms with Crippen LogP contribution in [0.1, 0.15) is 31.4 Å². The number of methoxy groups -OCH3 is 1. The summed E-state index contributed by atoms with van der Waals surface area (Å²) in [6, 6.07) is 5.81. The molecule has 0 bridgehead atoms. The second-order valence-corrected chi connectivity index (χ2v) is 4.93. The van der Waals surface area contributed by atoms with Crippen LogP contribution in [0.4, 0.5) is 5.69 Å². The molecule has 1 saturated heterocycles. The molecular formula is C14H16N2O3. The Balaban J connectivity index is 2.11. The normalized spacial score (nSPS) is 21.2. The van der Waals surface area contributed by atoms with E-state index in [-0.39, 0.29) is 17.9 Å². The maximum absolute atomic E-state index is 11.9. The highest BCUT2D eigenvalue weighted by Gasteiger charge is 2.39. The second kappa shape index (κ2) is 4.26. The molecule has 19 heavy (non-hydrogen) atoms. The third kappa shape index (κ3) is 1.77. The Hall–Kier alpha value is -2.04. The Morgan fingerprint density at radius 3 is 2.89 bits per heavy atom. The molecule has 0 aromatic heterocycles. The van der Waals surface area contributed by atoms with Gasteiger partial charge in [-0.15, -0.1) is 0 Å². The van der Waals surface area contributed by atoms with Crippen LogP contribution in [0, 0.1) is 0 Å². The van der Waals surface area contributed by atoms with Crippen LogP contribution in [0.3, 0.4) is 0 Å². The molecule has 1 unspecified atom stereocenters. The van der Waals surface area contributed by atoms with Crippen molar-refractivity contribution in [3.63, 3.8) is 0 Å². The van der Waals surface area contributed by atoms with Gasteiger partial charge < -0.3 is 9.64 Å². The highest BCUT2D eigenvalue weighted by molar-refractivity contribution is 5.95. The van der Waals surface area contributed by atoms with Crippen molar-refractivity contribution in [2.24, 2.45) is 0 Å². The van der Waals surface area contributed by atoms with Gasteiger partial charge in [0.2, 0.25) is 11.8 Å². The minimum absolute atomic E-state index is 0.0624. The van der Waals surface area contributed by atoms with Crippen LogP contribution in [0.2, 0.25) is 0 Å². The first kappa shape index (κ1) is 12.0. The third-order valence-electron chi connectivity index (χ3n) is 3.89. The van der Waals surface area contributed by atoms with Gasteiger partial charge in [-0.05, 0) is 18.1 Å². The van der Waals surface area contributed by atoms with E-state index in [0.717, 1.165) is 23.4 Å². The molecule has 3 rings (SSSR count). The minimum atomic E-state index is -0.0624. The number of nitrogens with zero attached hydrogens (tertiary/aromatic N) is 2. The highest BCUT2D eigenvalue weighted by atomic mass is 16.5. The van der Waals surface area contributed by atoms with Crippen molar-refractivity contribution in [3.05, 3.63) is 23.8 Å². The summed E-state index contributed by atoms with van der Waals surface area (Å²) >= 11 is 0. The van der Waals surface area contributed by atoms with Crippen molar-refractivity contribution in [2.75, 3.05) is 18.7 Å². The van der Waals surface area contributed by atoms with Crippen LogP contribution in [0.5, 0.6) is 5.75 Å². The zero-order chi connectivity index (χ0) is 13.6. The molecule has 2 aliphatic heterocycles. The van der Waals surface area contributed by atoms with Crippen LogP contribution in [0.15, 0.2) is 18.2 Å². The Kier molecular flexibility index (Phi) is 2.69. The molecule has 2 aliphatic rings. The lowest BCUT2D eigenvalue weighted by atomic mass is 9.99. The summed E-state index contributed by atoms with van der Waals surface area (Å²) in [7, 11) is 1.61. The fourth-order valence-corrected chi connectivity index (χ4v) is 2.90. The predicted molar refractivity (Wildman–Crippen MR) is 69.8 cm³/mol. The Morgan fingerprint density at radius 1 is 1.42 bits per heavy atom. The molecule has 0 aliphatic carbocycles. The van der Waals surface area contributed by atoms with E-state index < -0.39 is 0 Å². The number of hydrogen-bond donors (Lipinski definition) is 0. The average Bonchev–Trinajstić information content (AvgIpc) is 2.78. The summed E-state index contributed by atoms with van der Waals surface area (Å²) in [5, 5.41) is 0. The number of carbonyl (C=O) groups is 2. The average molecular weight is 260 g/mol. The van der Waals surface area contributed by atoms with Crippen LogP contribution < -0.4 is 9.64 Å². The molecule has 2 amide bonds. The van der Waals surface area contributed by atoms with Crippen molar-refractivity contribution in [3.8, 4) is 5.75 Å². The number of anilines is 1. The number of rotatable bonds is 1. The number of hydrogen-bond acceptors (Lipinski definition) is 3. The van der Waals surface area contributed by atoms with Crippen LogP contribution >= 0.6 is 0 Å². The van der Waals surface area contributed by atoms with Gasteiger partial charge in [0.25, 0.3) is 0 Å². The van der Waals surface area contributed by atoms with Crippen molar-refractivity contribution in [2.45, 2.75) is 25.8 Å². The summed E-state index contributed by atoms with van der Waals surface area (Å²) in [5.74, 6) is 0.785. The summed E-state index contributed by atoms with van der Waals surface area (Å²) in [6.07, 6.45) is 1.38. The fourth-order valence-electron chi connectivity index (χ4n) is 2.90. The molecule has 0 N–H and O–H groups in total. The minimum Gasteiger partial charge on any atom is -0.497 e. The van der Waals surface area contributed by atoms with Gasteiger partial charge >= 0.3 is 0 Å². The molecular weight excluding hydrogens is 244 g/mol. The van der Waals surface area contributed by atoms with Gasteiger partial charge in [-0.3, -0.25) is 14.5 Å². The van der Waals surface area contributed by atoms with E-state index in [0.29, 0.717) is 13.1 Å². The molecule has 100 valence electrons. The van der Waals surface area contributed by atoms with Gasteiger partial charge in [0.05, 0.1) is 18.8 Å². The van der Waals surface area contributed by atoms with E-state index in [1.165, 1.54) is 6.92 Å². The first-order valence-corrected chi connectivity index (χ1v) is 6.37. The lowest BCUT2D eigenvalue weighted by Gasteiger charge is -2.39. The fraction of sp³-hybridized carbons (Fsp3) is 0.429. The maximum atomic E-state index is 11.9. The van der Waals surface area contributed by atoms with E-state index in [4.69, 9.17) is 4.74 Å². The van der Waals surface area contributed by atoms with Gasteiger partial charge in [0, 0.05) is 19.4 Å². The molecule has 0 radical (unpaired) electrons. The van der Waals surface area contributed by atoms with Crippen LogP contribution in [-0.4, -0.2) is 30.5 Å². The molecule has 0 spiro atoms. The van der Waals surface area contributed by atoms with Crippen molar-refractivity contribution in [1.29, 1.82) is 0 Å². The highest BCUT2D eigenvalue weighted by Crippen LogP contribution is 2.43. The SMILES string of the molecule is COc1ccc2c(c1)N(C(C)=O)CN1C(=O)CCC21. The molecule has 1 atom stereocenters. The summed E-state index contributed by atoms with van der Waals surface area (Å²) < 4.78 is 5.22. The second-order valence-electron chi connectivity index (χ2n) is 4.93. The quantitative estimate of drug-likeness (QED) is 0.772. The molecule has 1 fully saturated rings. The van der Waals surface area contributed by atoms with E-state index >= 15 is 0 Å². The number of ether oxygens (including phenoxy) is 1. The largest absolute Gasteiger partial charge is 0.497 e. The van der Waals surface area contributed by atoms with E-state index in [9.17, 15) is 9.59 Å². The topological polar surface area (TPSA) is 49.9 Å². The number of fused-ring (bicyclic) bond motifs is 3. The van der Waals surface area contributed by atoms with E-state index in [1.54, 1.807) is 16.9 Å². The van der Waals surface area contributed by atoms with E-state index in [2.05, 4.69) is 0 Å². The van der Waals surface area contributed by atoms with Crippen molar-refractivity contribution >= 4 is 17.5 Å². The number of carbonyl (C=O) groups excluding carboxylic acids is 2. The molecule has 1 aromatic carbocycles. The molecule has 0 saturated carbocycles. The molecule has 5 nitrogen and oxygen atoms in total. The lowest BCUT2D eigenvalue weighted by molar-refractivity contribution is -0.129. The molecule has 2 heterocycles. The van der Waals surface area contributed by atoms with Crippen LogP contribution in [0.25, 0.3) is 0 Å². The van der Waals surface area contributed by atoms with Crippen LogP contribution in [-0.2, 0) is 9.59 Å². The van der Waals surface area contributed by atoms with E-state index in [1.807, 2.05) is 18.2 Å². The smallest absolute Gasteiger partial charge is 0.225 e. The third-order valence-corrected chi connectivity index (χ3v) is 3.89. The van der Waals surface area contributed by atoms with Gasteiger partial charge in [0.1, 0.15) is 12.4 Å². The number of amides is 2. The van der Waals surface area contributed by atoms with Gasteiger partial charge in [-0.2, -0.15) is 0 Å². The maximum Gasteiger partial charge on any atom is 0.225 e. The Morgan fingerprint density at radius 2 is 2.21 bits per heavy atom. The zero-order valence-corrected chi connectivity index (χ0v) is 11.0. The summed E-state index contributed by atoms with van der Waals surface area (Å²) in [6.45, 7) is 1.86. The standard InChI is InChI=1S/C14H16N2O3/c1-9(17)15-8-16-12(5-6-14(16)18)11-4-3-10(19-2)7-13(11)15/h3-4,7,12H,5-6,8H2,1-2H3. The first-order chi connectivity index (χ1) is 9.11. The summed E-state index contributed by atoms with van der Waals surface area (Å²) in [4.78, 5) is 27.1. The lowest BCUT2D eigenvalue weighted by Crippen LogP contribution is -2.46. The zero-order valence-electron chi connectivity index (χ0n) is 11.0.